The van der Waals surface area contributed by atoms with E-state index in [1.54, 1.807) is 42.5 Å². The number of ether oxygens (including phenoxy) is 1. The van der Waals surface area contributed by atoms with Crippen LogP contribution < -0.4 is 9.64 Å². The van der Waals surface area contributed by atoms with Gasteiger partial charge in [-0.15, -0.1) is 0 Å². The topological polar surface area (TPSA) is 66.8 Å². The van der Waals surface area contributed by atoms with Crippen LogP contribution in [0.5, 0.6) is 5.75 Å². The molecule has 0 heterocycles. The lowest BCUT2D eigenvalue weighted by atomic mass is 9.98. The van der Waals surface area contributed by atoms with Crippen LogP contribution in [-0.2, 0) is 6.42 Å². The molecule has 1 amide bonds. The molecule has 2 aromatic carbocycles. The number of hydrogen-bond acceptors (Lipinski definition) is 3. The van der Waals surface area contributed by atoms with Crippen LogP contribution in [0, 0.1) is 0 Å². The Balaban J connectivity index is 2.47. The number of carbonyl (C=O) groups excluding carboxylic acids is 1. The molecule has 0 atom stereocenters. The molecule has 5 nitrogen and oxygen atoms in total. The molecule has 2 aromatic rings. The van der Waals surface area contributed by atoms with Gasteiger partial charge in [-0.1, -0.05) is 36.4 Å². The minimum atomic E-state index is -1.07. The van der Waals surface area contributed by atoms with E-state index >= 15 is 0 Å². The first-order valence-electron chi connectivity index (χ1n) is 8.02. The van der Waals surface area contributed by atoms with Crippen molar-refractivity contribution >= 4 is 17.6 Å². The van der Waals surface area contributed by atoms with Crippen molar-refractivity contribution in [3.8, 4) is 5.75 Å². The second kappa shape index (κ2) is 7.38. The molecule has 0 aliphatic carbocycles. The van der Waals surface area contributed by atoms with Crippen molar-refractivity contribution in [3.05, 3.63) is 59.7 Å². The fourth-order valence-corrected chi connectivity index (χ4v) is 2.68. The fraction of sp³-hybridized carbons (Fsp3) is 0.300. The Kier molecular flexibility index (Phi) is 5.47. The van der Waals surface area contributed by atoms with Gasteiger partial charge in [0, 0.05) is 23.6 Å². The van der Waals surface area contributed by atoms with Gasteiger partial charge in [0.2, 0.25) is 0 Å². The van der Waals surface area contributed by atoms with E-state index in [4.69, 9.17) is 4.74 Å². The molecular formula is C20H23NO4. The van der Waals surface area contributed by atoms with Crippen molar-refractivity contribution in [1.29, 1.82) is 0 Å². The molecule has 0 unspecified atom stereocenters. The average Bonchev–Trinajstić information content (AvgIpc) is 2.55. The molecule has 25 heavy (non-hydrogen) atoms. The molecule has 0 aliphatic rings. The number of carboxylic acid groups (broad SMARTS) is 1. The normalized spacial score (nSPS) is 11.0. The molecule has 5 heteroatoms. The number of nitrogens with zero attached hydrogens (tertiary/aromatic N) is 1. The summed E-state index contributed by atoms with van der Waals surface area (Å²) < 4.78 is 5.24. The van der Waals surface area contributed by atoms with E-state index in [1.165, 1.54) is 12.0 Å². The van der Waals surface area contributed by atoms with Crippen molar-refractivity contribution in [2.45, 2.75) is 32.7 Å². The number of Topliss-reactive ketones (excluding diaryl/α,β-unsaturated/α-hetero) is 1. The van der Waals surface area contributed by atoms with E-state index in [2.05, 4.69) is 0 Å². The van der Waals surface area contributed by atoms with Gasteiger partial charge in [-0.05, 0) is 32.4 Å². The Labute approximate surface area is 147 Å². The summed E-state index contributed by atoms with van der Waals surface area (Å²) in [6.07, 6.45) is -0.961. The molecule has 1 N–H and O–H groups in total. The molecule has 132 valence electrons. The minimum absolute atomic E-state index is 0.0636. The van der Waals surface area contributed by atoms with Gasteiger partial charge in [-0.2, -0.15) is 0 Å². The van der Waals surface area contributed by atoms with Crippen LogP contribution in [0.2, 0.25) is 0 Å². The Morgan fingerprint density at radius 1 is 1.08 bits per heavy atom. The highest BCUT2D eigenvalue weighted by Crippen LogP contribution is 2.32. The summed E-state index contributed by atoms with van der Waals surface area (Å²) in [7, 11) is 1.52. The Bertz CT molecular complexity index is 763. The highest BCUT2D eigenvalue weighted by Gasteiger charge is 2.30. The van der Waals surface area contributed by atoms with Crippen LogP contribution in [0.1, 0.15) is 36.7 Å². The number of ketones is 1. The highest BCUT2D eigenvalue weighted by molar-refractivity contribution is 5.99. The first-order chi connectivity index (χ1) is 11.7. The highest BCUT2D eigenvalue weighted by atomic mass is 16.5. The summed E-state index contributed by atoms with van der Waals surface area (Å²) in [5.41, 5.74) is 1.04. The maximum Gasteiger partial charge on any atom is 0.412 e. The number of hydrogen-bond donors (Lipinski definition) is 1. The van der Waals surface area contributed by atoms with E-state index in [9.17, 15) is 14.7 Å². The third-order valence-corrected chi connectivity index (χ3v) is 3.84. The van der Waals surface area contributed by atoms with Gasteiger partial charge >= 0.3 is 6.09 Å². The smallest absolute Gasteiger partial charge is 0.412 e. The van der Waals surface area contributed by atoms with Gasteiger partial charge in [0.15, 0.2) is 5.78 Å². The zero-order chi connectivity index (χ0) is 18.6. The van der Waals surface area contributed by atoms with Gasteiger partial charge in [-0.3, -0.25) is 9.69 Å². The summed E-state index contributed by atoms with van der Waals surface area (Å²) in [5.74, 6) is 0.479. The first-order valence-corrected chi connectivity index (χ1v) is 8.02. The third kappa shape index (κ3) is 4.38. The van der Waals surface area contributed by atoms with Gasteiger partial charge in [-0.25, -0.2) is 4.79 Å². The van der Waals surface area contributed by atoms with Crippen molar-refractivity contribution in [2.24, 2.45) is 0 Å². The molecule has 0 fully saturated rings. The number of rotatable bonds is 5. The Morgan fingerprint density at radius 2 is 1.72 bits per heavy atom. The Hall–Kier alpha value is -2.82. The van der Waals surface area contributed by atoms with Crippen molar-refractivity contribution in [3.63, 3.8) is 0 Å². The third-order valence-electron chi connectivity index (χ3n) is 3.84. The SMILES string of the molecule is COc1ccc(CC(=O)c2ccccc2)c(N(C(=O)O)C(C)(C)C)c1. The lowest BCUT2D eigenvalue weighted by molar-refractivity contribution is 0.0992. The van der Waals surface area contributed by atoms with E-state index < -0.39 is 11.6 Å². The molecule has 0 spiro atoms. The van der Waals surface area contributed by atoms with Crippen molar-refractivity contribution in [2.75, 3.05) is 12.0 Å². The maximum absolute atomic E-state index is 12.6. The van der Waals surface area contributed by atoms with Crippen LogP contribution in [0.4, 0.5) is 10.5 Å². The molecular weight excluding hydrogens is 318 g/mol. The number of anilines is 1. The summed E-state index contributed by atoms with van der Waals surface area (Å²) in [6.45, 7) is 5.43. The monoisotopic (exact) mass is 341 g/mol. The van der Waals surface area contributed by atoms with Crippen LogP contribution in [0.3, 0.4) is 0 Å². The number of carbonyl (C=O) groups is 2. The number of methoxy groups -OCH3 is 1. The van der Waals surface area contributed by atoms with Crippen LogP contribution in [0.25, 0.3) is 0 Å². The second-order valence-electron chi connectivity index (χ2n) is 6.75. The summed E-state index contributed by atoms with van der Waals surface area (Å²) >= 11 is 0. The van der Waals surface area contributed by atoms with Crippen molar-refractivity contribution in [1.82, 2.24) is 0 Å². The van der Waals surface area contributed by atoms with Crippen LogP contribution >= 0.6 is 0 Å². The molecule has 0 aliphatic heterocycles. The summed E-state index contributed by atoms with van der Waals surface area (Å²) in [4.78, 5) is 25.7. The predicted octanol–water partition coefficient (Wildman–Crippen LogP) is 4.40. The predicted molar refractivity (Wildman–Crippen MR) is 97.7 cm³/mol. The molecule has 0 saturated carbocycles. The van der Waals surface area contributed by atoms with Crippen LogP contribution in [0.15, 0.2) is 48.5 Å². The van der Waals surface area contributed by atoms with E-state index in [-0.39, 0.29) is 12.2 Å². The van der Waals surface area contributed by atoms with E-state index in [0.717, 1.165) is 0 Å². The van der Waals surface area contributed by atoms with Gasteiger partial charge in [0.1, 0.15) is 5.75 Å². The molecule has 2 rings (SSSR count). The number of benzene rings is 2. The fourth-order valence-electron chi connectivity index (χ4n) is 2.68. The van der Waals surface area contributed by atoms with Gasteiger partial charge in [0.25, 0.3) is 0 Å². The van der Waals surface area contributed by atoms with E-state index in [1.807, 2.05) is 26.8 Å². The quantitative estimate of drug-likeness (QED) is 0.818. The lowest BCUT2D eigenvalue weighted by Crippen LogP contribution is -2.45. The number of amides is 1. The molecule has 0 radical (unpaired) electrons. The first kappa shape index (κ1) is 18.5. The summed E-state index contributed by atoms with van der Waals surface area (Å²) in [5, 5.41) is 9.70. The van der Waals surface area contributed by atoms with Gasteiger partial charge < -0.3 is 9.84 Å². The van der Waals surface area contributed by atoms with Gasteiger partial charge in [0.05, 0.1) is 12.8 Å². The Morgan fingerprint density at radius 3 is 2.24 bits per heavy atom. The maximum atomic E-state index is 12.6. The van der Waals surface area contributed by atoms with Crippen LogP contribution in [-0.4, -0.2) is 29.6 Å². The summed E-state index contributed by atoms with van der Waals surface area (Å²) in [6, 6.07) is 14.1. The average molecular weight is 341 g/mol. The molecule has 0 bridgehead atoms. The standard InChI is InChI=1S/C20H23NO4/c1-20(2,3)21(19(23)24)17-13-16(25-4)11-10-15(17)12-18(22)14-8-6-5-7-9-14/h5-11,13H,12H2,1-4H3,(H,23,24). The second-order valence-corrected chi connectivity index (χ2v) is 6.75. The molecule has 0 aromatic heterocycles. The zero-order valence-corrected chi connectivity index (χ0v) is 14.9. The van der Waals surface area contributed by atoms with Crippen molar-refractivity contribution < 1.29 is 19.4 Å². The van der Waals surface area contributed by atoms with E-state index in [0.29, 0.717) is 22.6 Å². The minimum Gasteiger partial charge on any atom is -0.497 e. The largest absolute Gasteiger partial charge is 0.497 e. The lowest BCUT2D eigenvalue weighted by Gasteiger charge is -2.34. The molecule has 0 saturated heterocycles. The zero-order valence-electron chi connectivity index (χ0n) is 14.9.